The van der Waals surface area contributed by atoms with Crippen molar-refractivity contribution in [3.63, 3.8) is 0 Å². The number of aromatic hydroxyl groups is 1. The van der Waals surface area contributed by atoms with Gasteiger partial charge in [0, 0.05) is 11.3 Å². The lowest BCUT2D eigenvalue weighted by molar-refractivity contribution is -0.118. The largest absolute Gasteiger partial charge is 0.508 e. The predicted octanol–water partition coefficient (Wildman–Crippen LogP) is 3.42. The minimum absolute atomic E-state index is 0.160. The zero-order valence-corrected chi connectivity index (χ0v) is 11.5. The van der Waals surface area contributed by atoms with Gasteiger partial charge in [0.2, 0.25) is 0 Å². The van der Waals surface area contributed by atoms with Gasteiger partial charge in [0.1, 0.15) is 5.75 Å². The van der Waals surface area contributed by atoms with Crippen molar-refractivity contribution in [1.29, 1.82) is 0 Å². The van der Waals surface area contributed by atoms with Gasteiger partial charge in [-0.15, -0.1) is 0 Å². The molecule has 2 nitrogen and oxygen atoms in total. The summed E-state index contributed by atoms with van der Waals surface area (Å²) in [5, 5.41) is 9.62. The van der Waals surface area contributed by atoms with Crippen molar-refractivity contribution in [2.24, 2.45) is 11.3 Å². The molecule has 18 heavy (non-hydrogen) atoms. The Bertz CT molecular complexity index is 617. The summed E-state index contributed by atoms with van der Waals surface area (Å²) in [4.78, 5) is 12.2. The lowest BCUT2D eigenvalue weighted by Crippen LogP contribution is -2.25. The highest BCUT2D eigenvalue weighted by Crippen LogP contribution is 2.63. The molecular weight excluding hydrogens is 292 g/mol. The number of fused-ring (bicyclic) bond motifs is 3. The number of phenolic OH excluding ortho intramolecular Hbond substituents is 1. The van der Waals surface area contributed by atoms with E-state index in [1.807, 2.05) is 12.1 Å². The molecule has 1 aromatic carbocycles. The standard InChI is InChI=1S/C15H13BrO2/c16-13-12-11-2-1-10(17)5-9(11)7-15(12)4-3-8(6-15)14(13)18/h1-2,5,8,17H,3-4,6-7H2/t8-,15-/m1/s1. The quantitative estimate of drug-likeness (QED) is 0.797. The molecule has 1 N–H and O–H groups in total. The first-order valence-electron chi connectivity index (χ1n) is 6.37. The van der Waals surface area contributed by atoms with Crippen molar-refractivity contribution in [3.8, 4) is 5.75 Å². The van der Waals surface area contributed by atoms with Crippen LogP contribution in [0.2, 0.25) is 0 Å². The van der Waals surface area contributed by atoms with Crippen LogP contribution in [0.15, 0.2) is 22.7 Å². The molecule has 1 aromatic rings. The zero-order valence-electron chi connectivity index (χ0n) is 9.87. The zero-order chi connectivity index (χ0) is 12.5. The minimum atomic E-state index is 0.160. The number of carbonyl (C=O) groups is 1. The molecule has 0 aliphatic heterocycles. The van der Waals surface area contributed by atoms with E-state index in [1.54, 1.807) is 6.07 Å². The molecule has 1 spiro atoms. The van der Waals surface area contributed by atoms with Crippen molar-refractivity contribution >= 4 is 27.3 Å². The Morgan fingerprint density at radius 3 is 3.06 bits per heavy atom. The molecule has 0 saturated heterocycles. The molecule has 4 rings (SSSR count). The molecular formula is C15H13BrO2. The van der Waals surface area contributed by atoms with E-state index in [4.69, 9.17) is 0 Å². The van der Waals surface area contributed by atoms with Gasteiger partial charge < -0.3 is 5.11 Å². The molecule has 1 fully saturated rings. The van der Waals surface area contributed by atoms with Gasteiger partial charge in [-0.25, -0.2) is 0 Å². The number of benzene rings is 1. The fourth-order valence-corrected chi connectivity index (χ4v) is 5.06. The van der Waals surface area contributed by atoms with E-state index in [0.717, 1.165) is 35.7 Å². The first-order chi connectivity index (χ1) is 8.61. The first kappa shape index (κ1) is 10.8. The lowest BCUT2D eigenvalue weighted by Gasteiger charge is -2.30. The van der Waals surface area contributed by atoms with Gasteiger partial charge in [0.25, 0.3) is 0 Å². The number of allylic oxidation sites excluding steroid dienone is 2. The summed E-state index contributed by atoms with van der Waals surface area (Å²) in [6.07, 6.45) is 4.08. The van der Waals surface area contributed by atoms with Gasteiger partial charge >= 0.3 is 0 Å². The first-order valence-corrected chi connectivity index (χ1v) is 7.17. The second-order valence-electron chi connectivity index (χ2n) is 5.79. The summed E-state index contributed by atoms with van der Waals surface area (Å²) in [6.45, 7) is 0. The SMILES string of the molecule is O=C1C(Br)=C2c3ccc(O)cc3C[C@]23CC[C@@H]1C3. The minimum Gasteiger partial charge on any atom is -0.508 e. The predicted molar refractivity (Wildman–Crippen MR) is 72.4 cm³/mol. The van der Waals surface area contributed by atoms with E-state index < -0.39 is 0 Å². The van der Waals surface area contributed by atoms with E-state index in [-0.39, 0.29) is 17.1 Å². The molecule has 0 heterocycles. The highest BCUT2D eigenvalue weighted by molar-refractivity contribution is 9.12. The van der Waals surface area contributed by atoms with Gasteiger partial charge in [-0.2, -0.15) is 0 Å². The normalized spacial score (nSPS) is 32.7. The Labute approximate surface area is 114 Å². The van der Waals surface area contributed by atoms with Crippen molar-refractivity contribution < 1.29 is 9.90 Å². The van der Waals surface area contributed by atoms with E-state index >= 15 is 0 Å². The maximum Gasteiger partial charge on any atom is 0.173 e. The fraction of sp³-hybridized carbons (Fsp3) is 0.400. The highest BCUT2D eigenvalue weighted by Gasteiger charge is 2.53. The third-order valence-corrected chi connectivity index (χ3v) is 5.62. The second kappa shape index (κ2) is 3.27. The van der Waals surface area contributed by atoms with Crippen LogP contribution in [0.25, 0.3) is 5.57 Å². The van der Waals surface area contributed by atoms with Crippen LogP contribution in [0.3, 0.4) is 0 Å². The molecule has 0 radical (unpaired) electrons. The molecule has 2 atom stereocenters. The Morgan fingerprint density at radius 1 is 1.39 bits per heavy atom. The third-order valence-electron chi connectivity index (χ3n) is 4.83. The summed E-state index contributed by atoms with van der Waals surface area (Å²) in [7, 11) is 0. The average Bonchev–Trinajstić information content (AvgIpc) is 2.86. The summed E-state index contributed by atoms with van der Waals surface area (Å²) in [5.41, 5.74) is 3.72. The average molecular weight is 305 g/mol. The Balaban J connectivity index is 2.01. The summed E-state index contributed by atoms with van der Waals surface area (Å²) < 4.78 is 0.792. The molecule has 0 amide bonds. The summed E-state index contributed by atoms with van der Waals surface area (Å²) >= 11 is 3.53. The molecule has 0 aromatic heterocycles. The lowest BCUT2D eigenvalue weighted by atomic mass is 9.74. The van der Waals surface area contributed by atoms with Crippen molar-refractivity contribution in [2.75, 3.05) is 0 Å². The Hall–Kier alpha value is -1.09. The number of hydrogen-bond acceptors (Lipinski definition) is 2. The van der Waals surface area contributed by atoms with Crippen LogP contribution in [0.1, 0.15) is 30.4 Å². The summed E-state index contributed by atoms with van der Waals surface area (Å²) in [5.74, 6) is 0.812. The van der Waals surface area contributed by atoms with E-state index in [1.165, 1.54) is 11.1 Å². The molecule has 3 aliphatic rings. The molecule has 2 bridgehead atoms. The maximum atomic E-state index is 12.2. The van der Waals surface area contributed by atoms with Gasteiger partial charge in [0.05, 0.1) is 4.48 Å². The van der Waals surface area contributed by atoms with Crippen molar-refractivity contribution in [2.45, 2.75) is 25.7 Å². The number of Topliss-reactive ketones (excluding diaryl/α,β-unsaturated/α-hetero) is 1. The van der Waals surface area contributed by atoms with Crippen LogP contribution in [0, 0.1) is 11.3 Å². The van der Waals surface area contributed by atoms with Crippen LogP contribution in [0.5, 0.6) is 5.75 Å². The second-order valence-corrected chi connectivity index (χ2v) is 6.58. The van der Waals surface area contributed by atoms with Crippen LogP contribution >= 0.6 is 15.9 Å². The molecule has 92 valence electrons. The smallest absolute Gasteiger partial charge is 0.173 e. The Kier molecular flexibility index (Phi) is 1.96. The number of halogens is 1. The third kappa shape index (κ3) is 1.16. The fourth-order valence-electron chi connectivity index (χ4n) is 4.10. The van der Waals surface area contributed by atoms with E-state index in [0.29, 0.717) is 5.75 Å². The highest BCUT2D eigenvalue weighted by atomic mass is 79.9. The molecule has 3 aliphatic carbocycles. The number of carbonyl (C=O) groups excluding carboxylic acids is 1. The van der Waals surface area contributed by atoms with E-state index in [2.05, 4.69) is 15.9 Å². The number of ketones is 1. The maximum absolute atomic E-state index is 12.2. The van der Waals surface area contributed by atoms with Gasteiger partial charge in [-0.05, 0) is 70.4 Å². The van der Waals surface area contributed by atoms with Crippen molar-refractivity contribution in [1.82, 2.24) is 0 Å². The van der Waals surface area contributed by atoms with Gasteiger partial charge in [-0.3, -0.25) is 4.79 Å². The molecule has 1 saturated carbocycles. The Morgan fingerprint density at radius 2 is 2.22 bits per heavy atom. The van der Waals surface area contributed by atoms with Crippen LogP contribution in [-0.4, -0.2) is 10.9 Å². The number of rotatable bonds is 0. The van der Waals surface area contributed by atoms with Gasteiger partial charge in [0.15, 0.2) is 5.78 Å². The topological polar surface area (TPSA) is 37.3 Å². The van der Waals surface area contributed by atoms with Crippen LogP contribution < -0.4 is 0 Å². The van der Waals surface area contributed by atoms with Crippen LogP contribution in [-0.2, 0) is 11.2 Å². The number of phenols is 1. The van der Waals surface area contributed by atoms with Gasteiger partial charge in [-0.1, -0.05) is 6.07 Å². The number of hydrogen-bond donors (Lipinski definition) is 1. The van der Waals surface area contributed by atoms with Crippen molar-refractivity contribution in [3.05, 3.63) is 33.8 Å². The molecule has 0 unspecified atom stereocenters. The van der Waals surface area contributed by atoms with Crippen LogP contribution in [0.4, 0.5) is 0 Å². The molecule has 3 heteroatoms. The monoisotopic (exact) mass is 304 g/mol. The summed E-state index contributed by atoms with van der Waals surface area (Å²) in [6, 6.07) is 5.53. The van der Waals surface area contributed by atoms with E-state index in [9.17, 15) is 9.90 Å².